The lowest BCUT2D eigenvalue weighted by Crippen LogP contribution is -2.38. The number of thiophene rings is 1. The van der Waals surface area contributed by atoms with Crippen LogP contribution in [0.5, 0.6) is 5.75 Å². The van der Waals surface area contributed by atoms with E-state index < -0.39 is 0 Å². The topological polar surface area (TPSA) is 50.4 Å². The number of ether oxygens (including phenoxy) is 1. The number of rotatable bonds is 5. The molecule has 0 unspecified atom stereocenters. The monoisotopic (exact) mass is 398 g/mol. The zero-order valence-electron chi connectivity index (χ0n) is 17.2. The van der Waals surface area contributed by atoms with Crippen LogP contribution in [0.2, 0.25) is 0 Å². The summed E-state index contributed by atoms with van der Waals surface area (Å²) >= 11 is 1.78. The van der Waals surface area contributed by atoms with E-state index in [0.29, 0.717) is 17.9 Å². The van der Waals surface area contributed by atoms with Crippen molar-refractivity contribution in [2.45, 2.75) is 59.5 Å². The molecule has 150 valence electrons. The van der Waals surface area contributed by atoms with E-state index in [9.17, 15) is 4.79 Å². The Bertz CT molecular complexity index is 887. The Labute approximate surface area is 171 Å². The third-order valence-corrected chi connectivity index (χ3v) is 7.78. The highest BCUT2D eigenvalue weighted by atomic mass is 32.1. The number of para-hydroxylation sites is 1. The molecule has 5 heteroatoms. The maximum Gasteiger partial charge on any atom is 0.256 e. The SMILES string of the molecule is CCOc1ccccc1[C@@H]1NC(=O)c2c(sc3c2CC[C@@H](C(C)(C)CC)C3)N1. The van der Waals surface area contributed by atoms with Crippen molar-refractivity contribution in [3.8, 4) is 5.75 Å². The highest BCUT2D eigenvalue weighted by Gasteiger charge is 2.37. The average molecular weight is 399 g/mol. The van der Waals surface area contributed by atoms with Crippen LogP contribution < -0.4 is 15.4 Å². The van der Waals surface area contributed by atoms with Crippen LogP contribution >= 0.6 is 11.3 Å². The van der Waals surface area contributed by atoms with E-state index >= 15 is 0 Å². The second-order valence-corrected chi connectivity index (χ2v) is 9.62. The van der Waals surface area contributed by atoms with E-state index in [4.69, 9.17) is 4.74 Å². The molecule has 1 aromatic heterocycles. The molecule has 0 saturated carbocycles. The maximum atomic E-state index is 13.0. The zero-order chi connectivity index (χ0) is 19.9. The van der Waals surface area contributed by atoms with Gasteiger partial charge in [0.1, 0.15) is 16.9 Å². The summed E-state index contributed by atoms with van der Waals surface area (Å²) in [6.45, 7) is 9.61. The van der Waals surface area contributed by atoms with E-state index in [1.807, 2.05) is 31.2 Å². The van der Waals surface area contributed by atoms with Gasteiger partial charge in [-0.25, -0.2) is 0 Å². The summed E-state index contributed by atoms with van der Waals surface area (Å²) in [5.74, 6) is 1.54. The van der Waals surface area contributed by atoms with Crippen LogP contribution in [0.1, 0.15) is 73.1 Å². The fraction of sp³-hybridized carbons (Fsp3) is 0.522. The molecule has 2 atom stereocenters. The van der Waals surface area contributed by atoms with Gasteiger partial charge in [-0.2, -0.15) is 0 Å². The van der Waals surface area contributed by atoms with Gasteiger partial charge in [0.15, 0.2) is 0 Å². The number of anilines is 1. The predicted molar refractivity (Wildman–Crippen MR) is 115 cm³/mol. The molecule has 1 aliphatic carbocycles. The molecule has 28 heavy (non-hydrogen) atoms. The van der Waals surface area contributed by atoms with Gasteiger partial charge >= 0.3 is 0 Å². The van der Waals surface area contributed by atoms with Crippen molar-refractivity contribution < 1.29 is 9.53 Å². The molecule has 2 heterocycles. The number of fused-ring (bicyclic) bond motifs is 3. The van der Waals surface area contributed by atoms with Crippen molar-refractivity contribution in [2.24, 2.45) is 11.3 Å². The van der Waals surface area contributed by atoms with E-state index in [0.717, 1.165) is 34.7 Å². The standard InChI is InChI=1S/C23H30N2O2S/c1-5-23(3,4)14-11-12-16-18(13-14)28-22-19(16)21(26)24-20(25-22)15-9-7-8-10-17(15)27-6-2/h7-10,14,20,25H,5-6,11-13H2,1-4H3,(H,24,26)/t14-,20-/m1/s1. The van der Waals surface area contributed by atoms with Crippen LogP contribution in [0.15, 0.2) is 24.3 Å². The summed E-state index contributed by atoms with van der Waals surface area (Å²) in [7, 11) is 0. The third-order valence-electron chi connectivity index (χ3n) is 6.59. The van der Waals surface area contributed by atoms with E-state index in [1.54, 1.807) is 11.3 Å². The Morgan fingerprint density at radius 2 is 2.00 bits per heavy atom. The molecule has 4 nitrogen and oxygen atoms in total. The number of carbonyl (C=O) groups excluding carboxylic acids is 1. The Morgan fingerprint density at radius 3 is 2.75 bits per heavy atom. The van der Waals surface area contributed by atoms with Gasteiger partial charge in [0.25, 0.3) is 5.91 Å². The summed E-state index contributed by atoms with van der Waals surface area (Å²) in [4.78, 5) is 14.4. The molecular weight excluding hydrogens is 368 g/mol. The lowest BCUT2D eigenvalue weighted by molar-refractivity contribution is 0.0934. The first-order valence-corrected chi connectivity index (χ1v) is 11.2. The van der Waals surface area contributed by atoms with Crippen LogP contribution in [0.3, 0.4) is 0 Å². The van der Waals surface area contributed by atoms with Crippen molar-refractivity contribution in [3.63, 3.8) is 0 Å². The number of carbonyl (C=O) groups is 1. The third kappa shape index (κ3) is 3.30. The van der Waals surface area contributed by atoms with Crippen molar-refractivity contribution in [3.05, 3.63) is 45.8 Å². The van der Waals surface area contributed by atoms with Crippen LogP contribution in [0, 0.1) is 11.3 Å². The van der Waals surface area contributed by atoms with Gasteiger partial charge in [-0.15, -0.1) is 11.3 Å². The Balaban J connectivity index is 1.64. The first-order valence-electron chi connectivity index (χ1n) is 10.4. The number of hydrogen-bond donors (Lipinski definition) is 2. The molecule has 2 N–H and O–H groups in total. The molecule has 0 radical (unpaired) electrons. The average Bonchev–Trinajstić information content (AvgIpc) is 3.06. The zero-order valence-corrected chi connectivity index (χ0v) is 18.0. The number of hydrogen-bond acceptors (Lipinski definition) is 4. The number of nitrogens with one attached hydrogen (secondary N) is 2. The minimum atomic E-state index is -0.259. The van der Waals surface area contributed by atoms with Gasteiger partial charge in [0.2, 0.25) is 0 Å². The van der Waals surface area contributed by atoms with Gasteiger partial charge in [-0.05, 0) is 49.1 Å². The molecule has 0 fully saturated rings. The minimum Gasteiger partial charge on any atom is -0.493 e. The molecule has 1 amide bonds. The molecule has 2 aliphatic rings. The first-order chi connectivity index (χ1) is 13.4. The van der Waals surface area contributed by atoms with Gasteiger partial charge in [0.05, 0.1) is 12.2 Å². The quantitative estimate of drug-likeness (QED) is 0.695. The van der Waals surface area contributed by atoms with Crippen LogP contribution in [-0.2, 0) is 12.8 Å². The summed E-state index contributed by atoms with van der Waals surface area (Å²) in [6, 6.07) is 7.92. The molecule has 0 saturated heterocycles. The normalized spacial score (nSPS) is 21.4. The molecule has 2 aromatic rings. The number of benzene rings is 1. The second kappa shape index (κ2) is 7.43. The molecule has 1 aromatic carbocycles. The molecular formula is C23H30N2O2S. The van der Waals surface area contributed by atoms with Gasteiger partial charge < -0.3 is 15.4 Å². The smallest absolute Gasteiger partial charge is 0.256 e. The van der Waals surface area contributed by atoms with E-state index in [1.165, 1.54) is 23.3 Å². The molecule has 0 bridgehead atoms. The summed E-state index contributed by atoms with van der Waals surface area (Å²) in [5, 5.41) is 7.74. The first kappa shape index (κ1) is 19.3. The fourth-order valence-corrected chi connectivity index (χ4v) is 5.77. The van der Waals surface area contributed by atoms with Crippen LogP contribution in [-0.4, -0.2) is 12.5 Å². The van der Waals surface area contributed by atoms with Crippen molar-refractivity contribution in [1.82, 2.24) is 5.32 Å². The Hall–Kier alpha value is -2.01. The van der Waals surface area contributed by atoms with E-state index in [2.05, 4.69) is 31.4 Å². The molecule has 0 spiro atoms. The minimum absolute atomic E-state index is 0.0377. The Morgan fingerprint density at radius 1 is 1.21 bits per heavy atom. The number of amides is 1. The predicted octanol–water partition coefficient (Wildman–Crippen LogP) is 5.54. The summed E-state index contributed by atoms with van der Waals surface area (Å²) in [6.07, 6.45) is 4.19. The molecule has 1 aliphatic heterocycles. The fourth-order valence-electron chi connectivity index (χ4n) is 4.42. The van der Waals surface area contributed by atoms with Crippen molar-refractivity contribution in [1.29, 1.82) is 0 Å². The van der Waals surface area contributed by atoms with Gasteiger partial charge in [0, 0.05) is 10.4 Å². The molecule has 4 rings (SSSR count). The lowest BCUT2D eigenvalue weighted by atomic mass is 9.69. The maximum absolute atomic E-state index is 13.0. The lowest BCUT2D eigenvalue weighted by Gasteiger charge is -2.36. The van der Waals surface area contributed by atoms with Crippen LogP contribution in [0.4, 0.5) is 5.00 Å². The summed E-state index contributed by atoms with van der Waals surface area (Å²) in [5.41, 5.74) is 3.46. The van der Waals surface area contributed by atoms with E-state index in [-0.39, 0.29) is 12.1 Å². The highest BCUT2D eigenvalue weighted by molar-refractivity contribution is 7.16. The largest absolute Gasteiger partial charge is 0.493 e. The van der Waals surface area contributed by atoms with Crippen molar-refractivity contribution >= 4 is 22.2 Å². The summed E-state index contributed by atoms with van der Waals surface area (Å²) < 4.78 is 5.77. The second-order valence-electron chi connectivity index (χ2n) is 8.51. The van der Waals surface area contributed by atoms with Gasteiger partial charge in [-0.1, -0.05) is 45.4 Å². The highest BCUT2D eigenvalue weighted by Crippen LogP contribution is 2.47. The van der Waals surface area contributed by atoms with Crippen molar-refractivity contribution in [2.75, 3.05) is 11.9 Å². The van der Waals surface area contributed by atoms with Gasteiger partial charge in [-0.3, -0.25) is 4.79 Å². The van der Waals surface area contributed by atoms with Crippen LogP contribution in [0.25, 0.3) is 0 Å². The Kier molecular flexibility index (Phi) is 5.13.